The molecule has 0 aromatic heterocycles. The standard InChI is InChI=1S/C23H21ClO3/c1-16-21(6-3-7-22(16)24)19-5-2-4-18(14-19)15-27-20-11-8-17(9-12-20)10-13-23(25)26/h2-9,11-12,14H,10,13,15H2,1H3,(H,25,26). The minimum atomic E-state index is -0.787. The van der Waals surface area contributed by atoms with E-state index in [0.717, 1.165) is 38.6 Å². The lowest BCUT2D eigenvalue weighted by Gasteiger charge is -2.11. The van der Waals surface area contributed by atoms with Gasteiger partial charge in [-0.25, -0.2) is 0 Å². The van der Waals surface area contributed by atoms with Gasteiger partial charge in [-0.1, -0.05) is 54.1 Å². The van der Waals surface area contributed by atoms with E-state index in [-0.39, 0.29) is 6.42 Å². The maximum absolute atomic E-state index is 10.6. The van der Waals surface area contributed by atoms with Crippen LogP contribution in [0.3, 0.4) is 0 Å². The van der Waals surface area contributed by atoms with Gasteiger partial charge in [0, 0.05) is 11.4 Å². The largest absolute Gasteiger partial charge is 0.489 e. The highest BCUT2D eigenvalue weighted by Gasteiger charge is 2.06. The van der Waals surface area contributed by atoms with Gasteiger partial charge in [0.05, 0.1) is 0 Å². The summed E-state index contributed by atoms with van der Waals surface area (Å²) in [6.07, 6.45) is 0.659. The van der Waals surface area contributed by atoms with E-state index in [9.17, 15) is 4.79 Å². The van der Waals surface area contributed by atoms with E-state index < -0.39 is 5.97 Å². The average Bonchev–Trinajstić information content (AvgIpc) is 2.68. The van der Waals surface area contributed by atoms with Gasteiger partial charge in [-0.05, 0) is 65.4 Å². The van der Waals surface area contributed by atoms with E-state index in [4.69, 9.17) is 21.4 Å². The van der Waals surface area contributed by atoms with Crippen molar-refractivity contribution >= 4 is 17.6 Å². The van der Waals surface area contributed by atoms with E-state index in [1.54, 1.807) is 0 Å². The molecular formula is C23H21ClO3. The number of aryl methyl sites for hydroxylation is 1. The Hall–Kier alpha value is -2.78. The number of carbonyl (C=O) groups is 1. The minimum Gasteiger partial charge on any atom is -0.489 e. The first-order valence-electron chi connectivity index (χ1n) is 8.81. The number of carboxylic acid groups (broad SMARTS) is 1. The molecule has 0 spiro atoms. The van der Waals surface area contributed by atoms with Gasteiger partial charge in [-0.15, -0.1) is 0 Å². The third-order valence-corrected chi connectivity index (χ3v) is 4.87. The first kappa shape index (κ1) is 19.0. The maximum atomic E-state index is 10.6. The van der Waals surface area contributed by atoms with E-state index in [0.29, 0.717) is 13.0 Å². The van der Waals surface area contributed by atoms with Crippen LogP contribution >= 0.6 is 11.6 Å². The number of benzene rings is 3. The molecule has 0 unspecified atom stereocenters. The Morgan fingerprint density at radius 1 is 1.00 bits per heavy atom. The molecule has 27 heavy (non-hydrogen) atoms. The SMILES string of the molecule is Cc1c(Cl)cccc1-c1cccc(COc2ccc(CCC(=O)O)cc2)c1. The Morgan fingerprint density at radius 3 is 2.48 bits per heavy atom. The molecule has 0 aliphatic heterocycles. The molecule has 138 valence electrons. The Bertz CT molecular complexity index is 933. The number of rotatable bonds is 7. The zero-order valence-corrected chi connectivity index (χ0v) is 15.9. The molecule has 3 nitrogen and oxygen atoms in total. The summed E-state index contributed by atoms with van der Waals surface area (Å²) in [7, 11) is 0. The monoisotopic (exact) mass is 380 g/mol. The molecule has 0 atom stereocenters. The van der Waals surface area contributed by atoms with Crippen molar-refractivity contribution in [1.82, 2.24) is 0 Å². The Balaban J connectivity index is 1.66. The first-order chi connectivity index (χ1) is 13.0. The molecule has 1 N–H and O–H groups in total. The second kappa shape index (κ2) is 8.74. The second-order valence-corrected chi connectivity index (χ2v) is 6.85. The van der Waals surface area contributed by atoms with Crippen molar-refractivity contribution in [1.29, 1.82) is 0 Å². The van der Waals surface area contributed by atoms with Gasteiger partial charge in [0.2, 0.25) is 0 Å². The fourth-order valence-corrected chi connectivity index (χ4v) is 3.09. The molecule has 0 radical (unpaired) electrons. The van der Waals surface area contributed by atoms with Crippen LogP contribution in [-0.4, -0.2) is 11.1 Å². The van der Waals surface area contributed by atoms with Crippen molar-refractivity contribution in [3.05, 3.63) is 88.4 Å². The van der Waals surface area contributed by atoms with Crippen LogP contribution in [0.5, 0.6) is 5.75 Å². The molecule has 4 heteroatoms. The topological polar surface area (TPSA) is 46.5 Å². The van der Waals surface area contributed by atoms with Crippen molar-refractivity contribution in [2.24, 2.45) is 0 Å². The number of hydrogen-bond acceptors (Lipinski definition) is 2. The molecule has 0 aliphatic carbocycles. The van der Waals surface area contributed by atoms with Crippen LogP contribution in [0.15, 0.2) is 66.7 Å². The number of hydrogen-bond donors (Lipinski definition) is 1. The summed E-state index contributed by atoms with van der Waals surface area (Å²) in [6, 6.07) is 21.7. The highest BCUT2D eigenvalue weighted by Crippen LogP contribution is 2.29. The predicted molar refractivity (Wildman–Crippen MR) is 108 cm³/mol. The average molecular weight is 381 g/mol. The molecule has 3 aromatic rings. The molecule has 3 aromatic carbocycles. The minimum absolute atomic E-state index is 0.135. The fraction of sp³-hybridized carbons (Fsp3) is 0.174. The van der Waals surface area contributed by atoms with Crippen LogP contribution in [0, 0.1) is 6.92 Å². The van der Waals surface area contributed by atoms with Crippen molar-refractivity contribution < 1.29 is 14.6 Å². The van der Waals surface area contributed by atoms with Crippen LogP contribution in [-0.2, 0) is 17.8 Å². The maximum Gasteiger partial charge on any atom is 0.303 e. The fourth-order valence-electron chi connectivity index (χ4n) is 2.92. The smallest absolute Gasteiger partial charge is 0.303 e. The zero-order valence-electron chi connectivity index (χ0n) is 15.1. The number of ether oxygens (including phenoxy) is 1. The zero-order chi connectivity index (χ0) is 19.2. The van der Waals surface area contributed by atoms with E-state index in [1.165, 1.54) is 0 Å². The molecule has 3 rings (SSSR count). The lowest BCUT2D eigenvalue weighted by atomic mass is 9.99. The van der Waals surface area contributed by atoms with Crippen LogP contribution in [0.2, 0.25) is 5.02 Å². The van der Waals surface area contributed by atoms with Crippen LogP contribution in [0.4, 0.5) is 0 Å². The lowest BCUT2D eigenvalue weighted by Crippen LogP contribution is -1.98. The van der Waals surface area contributed by atoms with E-state index >= 15 is 0 Å². The Labute approximate surface area is 164 Å². The van der Waals surface area contributed by atoms with Gasteiger partial charge in [0.25, 0.3) is 0 Å². The quantitative estimate of drug-likeness (QED) is 0.554. The van der Waals surface area contributed by atoms with Gasteiger partial charge in [-0.3, -0.25) is 4.79 Å². The number of carboxylic acids is 1. The molecule has 0 fully saturated rings. The van der Waals surface area contributed by atoms with Crippen molar-refractivity contribution in [3.63, 3.8) is 0 Å². The molecule has 0 aliphatic rings. The summed E-state index contributed by atoms with van der Waals surface area (Å²) in [6.45, 7) is 2.48. The summed E-state index contributed by atoms with van der Waals surface area (Å²) in [4.78, 5) is 10.6. The second-order valence-electron chi connectivity index (χ2n) is 6.44. The van der Waals surface area contributed by atoms with Gasteiger partial charge in [-0.2, -0.15) is 0 Å². The molecular weight excluding hydrogens is 360 g/mol. The normalized spacial score (nSPS) is 10.6. The highest BCUT2D eigenvalue weighted by molar-refractivity contribution is 6.31. The third kappa shape index (κ3) is 5.11. The highest BCUT2D eigenvalue weighted by atomic mass is 35.5. The summed E-state index contributed by atoms with van der Waals surface area (Å²) in [5, 5.41) is 9.51. The van der Waals surface area contributed by atoms with Gasteiger partial charge < -0.3 is 9.84 Å². The van der Waals surface area contributed by atoms with Gasteiger partial charge in [0.1, 0.15) is 12.4 Å². The predicted octanol–water partition coefficient (Wildman–Crippen LogP) is 5.91. The summed E-state index contributed by atoms with van der Waals surface area (Å²) in [5.41, 5.74) is 5.35. The molecule has 0 bridgehead atoms. The molecule has 0 amide bonds. The summed E-state index contributed by atoms with van der Waals surface area (Å²) >= 11 is 6.24. The third-order valence-electron chi connectivity index (χ3n) is 4.46. The Morgan fingerprint density at radius 2 is 1.74 bits per heavy atom. The van der Waals surface area contributed by atoms with E-state index in [1.807, 2.05) is 55.5 Å². The van der Waals surface area contributed by atoms with Crippen molar-refractivity contribution in [2.45, 2.75) is 26.4 Å². The first-order valence-corrected chi connectivity index (χ1v) is 9.18. The molecule has 0 heterocycles. The molecule has 0 saturated carbocycles. The van der Waals surface area contributed by atoms with E-state index in [2.05, 4.69) is 18.2 Å². The van der Waals surface area contributed by atoms with Crippen molar-refractivity contribution in [3.8, 4) is 16.9 Å². The number of halogens is 1. The summed E-state index contributed by atoms with van der Waals surface area (Å²) in [5.74, 6) is -0.0245. The van der Waals surface area contributed by atoms with Crippen LogP contribution in [0.25, 0.3) is 11.1 Å². The Kier molecular flexibility index (Phi) is 6.15. The summed E-state index contributed by atoms with van der Waals surface area (Å²) < 4.78 is 5.88. The lowest BCUT2D eigenvalue weighted by molar-refractivity contribution is -0.136. The van der Waals surface area contributed by atoms with Gasteiger partial charge >= 0.3 is 5.97 Å². The van der Waals surface area contributed by atoms with Crippen molar-refractivity contribution in [2.75, 3.05) is 0 Å². The van der Waals surface area contributed by atoms with Gasteiger partial charge in [0.15, 0.2) is 0 Å². The van der Waals surface area contributed by atoms with Crippen LogP contribution in [0.1, 0.15) is 23.1 Å². The van der Waals surface area contributed by atoms with Crippen LogP contribution < -0.4 is 4.74 Å². The molecule has 0 saturated heterocycles. The number of aliphatic carboxylic acids is 1.